The van der Waals surface area contributed by atoms with Gasteiger partial charge >= 0.3 is 5.97 Å². The van der Waals surface area contributed by atoms with Crippen LogP contribution in [0.1, 0.15) is 105 Å². The van der Waals surface area contributed by atoms with Crippen LogP contribution in [0.15, 0.2) is 60.8 Å². The van der Waals surface area contributed by atoms with Crippen molar-refractivity contribution in [3.63, 3.8) is 0 Å². The maximum Gasteiger partial charge on any atom is 0.308 e. The van der Waals surface area contributed by atoms with Crippen LogP contribution >= 0.6 is 0 Å². The monoisotopic (exact) mass is 752 g/mol. The number of ether oxygens (including phenoxy) is 2. The average molecular weight is 753 g/mol. The summed E-state index contributed by atoms with van der Waals surface area (Å²) < 4.78 is 11.4. The number of esters is 1. The number of hydrogen-bond donors (Lipinski definition) is 9. The first-order valence-electron chi connectivity index (χ1n) is 19.4. The molecule has 2 rings (SSSR count). The van der Waals surface area contributed by atoms with Gasteiger partial charge in [-0.3, -0.25) is 4.79 Å². The maximum atomic E-state index is 12.5. The molecule has 2 heterocycles. The first-order valence-corrected chi connectivity index (χ1v) is 19.4. The van der Waals surface area contributed by atoms with E-state index in [2.05, 4.69) is 0 Å². The lowest BCUT2D eigenvalue weighted by Crippen LogP contribution is -2.52. The van der Waals surface area contributed by atoms with Crippen molar-refractivity contribution in [1.82, 2.24) is 0 Å². The summed E-state index contributed by atoms with van der Waals surface area (Å²) >= 11 is 0. The number of hydrogen-bond acceptors (Lipinski definition) is 12. The van der Waals surface area contributed by atoms with Crippen LogP contribution in [0.4, 0.5) is 0 Å². The van der Waals surface area contributed by atoms with Crippen LogP contribution in [0.25, 0.3) is 0 Å². The summed E-state index contributed by atoms with van der Waals surface area (Å²) in [6.07, 6.45) is 11.0. The van der Waals surface area contributed by atoms with Crippen LogP contribution in [0.5, 0.6) is 0 Å². The Balaban J connectivity index is 2.07. The summed E-state index contributed by atoms with van der Waals surface area (Å²) in [5.41, 5.74) is 0. The molecule has 0 aliphatic carbocycles. The Hall–Kier alpha value is -2.23. The fourth-order valence-corrected chi connectivity index (χ4v) is 6.75. The molecule has 0 aromatic heterocycles. The van der Waals surface area contributed by atoms with Crippen molar-refractivity contribution in [3.8, 4) is 0 Å². The first kappa shape index (κ1) is 46.9. The van der Waals surface area contributed by atoms with E-state index in [4.69, 9.17) is 9.47 Å². The molecule has 0 aromatic carbocycles. The standard InChI is InChI=1S/C41H68O12/c1-27-15-11-9-7-5-6-8-10-12-16-31(42)17-13-19-33(44)23-38-29(3)37(48)26-41(51,53-38)25-34(45)20-14-18-32(43)21-35(46)22-36(47)24-39(49)52-30(4)28(2)40(27)50/h7-13,15-16,19,27-38,40,42-48,50-51H,5-6,14,17-18,20-26H2,1-4H3/t27?,28-,29?,30-,31?,32?,33?,34?,35?,36?,37-,38?,40-,41?/m0/s1. The molecule has 2 aliphatic rings. The highest BCUT2D eigenvalue weighted by molar-refractivity contribution is 5.70. The SMILES string of the molecule is CC1C2CC(O)C=CCC(O)C=CC=CCCC=CC=CC(C)[C@H](O)[C@@H](C)[C@H](C)OC(=O)CC(O)CC(O)CC(O)CCCC(O)CC(O)(C[C@@H]1O)O2. The molecule has 0 spiro atoms. The topological polar surface area (TPSA) is 218 Å². The molecule has 12 heteroatoms. The zero-order valence-electron chi connectivity index (χ0n) is 32.0. The van der Waals surface area contributed by atoms with E-state index >= 15 is 0 Å². The number of cyclic esters (lactones) is 1. The van der Waals surface area contributed by atoms with E-state index in [-0.39, 0.29) is 75.5 Å². The average Bonchev–Trinajstić information content (AvgIpc) is 3.06. The third-order valence-corrected chi connectivity index (χ3v) is 10.3. The second kappa shape index (κ2) is 24.3. The van der Waals surface area contributed by atoms with Gasteiger partial charge in [0.15, 0.2) is 5.79 Å². The summed E-state index contributed by atoms with van der Waals surface area (Å²) in [7, 11) is 0. The summed E-state index contributed by atoms with van der Waals surface area (Å²) in [5.74, 6) is -3.47. The van der Waals surface area contributed by atoms with Gasteiger partial charge in [0.2, 0.25) is 0 Å². The smallest absolute Gasteiger partial charge is 0.308 e. The highest BCUT2D eigenvalue weighted by Crippen LogP contribution is 2.36. The van der Waals surface area contributed by atoms with Crippen molar-refractivity contribution in [1.29, 1.82) is 0 Å². The number of rotatable bonds is 0. The van der Waals surface area contributed by atoms with E-state index in [1.165, 1.54) is 0 Å². The van der Waals surface area contributed by atoms with Gasteiger partial charge in [0, 0.05) is 37.0 Å². The molecule has 304 valence electrons. The first-order chi connectivity index (χ1) is 25.0. The molecule has 2 bridgehead atoms. The molecular weight excluding hydrogens is 684 g/mol. The molecule has 1 fully saturated rings. The highest BCUT2D eigenvalue weighted by Gasteiger charge is 2.45. The third-order valence-electron chi connectivity index (χ3n) is 10.3. The van der Waals surface area contributed by atoms with Crippen molar-refractivity contribution in [2.24, 2.45) is 17.8 Å². The van der Waals surface area contributed by atoms with Crippen LogP contribution in [0, 0.1) is 17.8 Å². The van der Waals surface area contributed by atoms with Gasteiger partial charge in [0.25, 0.3) is 0 Å². The molecule has 12 nitrogen and oxygen atoms in total. The second-order valence-corrected chi connectivity index (χ2v) is 15.3. The molecular formula is C41H68O12. The molecule has 0 saturated carbocycles. The number of aliphatic hydroxyl groups is 9. The molecule has 0 aromatic rings. The van der Waals surface area contributed by atoms with E-state index < -0.39 is 72.8 Å². The van der Waals surface area contributed by atoms with Gasteiger partial charge in [-0.1, -0.05) is 81.5 Å². The maximum absolute atomic E-state index is 12.5. The Kier molecular flexibility index (Phi) is 21.5. The lowest BCUT2D eigenvalue weighted by molar-refractivity contribution is -0.299. The van der Waals surface area contributed by atoms with E-state index in [0.29, 0.717) is 6.42 Å². The molecule has 53 heavy (non-hydrogen) atoms. The Bertz CT molecular complexity index is 1190. The van der Waals surface area contributed by atoms with Crippen LogP contribution in [0.3, 0.4) is 0 Å². The number of aliphatic hydroxyl groups excluding tert-OH is 8. The van der Waals surface area contributed by atoms with Gasteiger partial charge in [-0.2, -0.15) is 0 Å². The Morgan fingerprint density at radius 2 is 1.28 bits per heavy atom. The number of carbonyl (C=O) groups is 1. The summed E-state index contributed by atoms with van der Waals surface area (Å²) in [6, 6.07) is 0. The predicted molar refractivity (Wildman–Crippen MR) is 202 cm³/mol. The summed E-state index contributed by atoms with van der Waals surface area (Å²) in [6.45, 7) is 7.11. The minimum atomic E-state index is -1.82. The lowest BCUT2D eigenvalue weighted by Gasteiger charge is -2.44. The zero-order chi connectivity index (χ0) is 39.6. The number of fused-ring (bicyclic) bond motifs is 2. The van der Waals surface area contributed by atoms with E-state index in [1.54, 1.807) is 45.1 Å². The molecule has 0 radical (unpaired) electrons. The zero-order valence-corrected chi connectivity index (χ0v) is 32.0. The van der Waals surface area contributed by atoms with E-state index in [0.717, 1.165) is 12.8 Å². The highest BCUT2D eigenvalue weighted by atomic mass is 16.6. The summed E-state index contributed by atoms with van der Waals surface area (Å²) in [5, 5.41) is 95.6. The minimum Gasteiger partial charge on any atom is -0.462 e. The van der Waals surface area contributed by atoms with Crippen molar-refractivity contribution >= 4 is 5.97 Å². The molecule has 0 amide bonds. The number of carbonyl (C=O) groups excluding carboxylic acids is 1. The van der Waals surface area contributed by atoms with Crippen LogP contribution in [-0.4, -0.2) is 119 Å². The van der Waals surface area contributed by atoms with E-state index in [1.807, 2.05) is 43.4 Å². The molecule has 10 unspecified atom stereocenters. The van der Waals surface area contributed by atoms with Crippen molar-refractivity contribution in [2.75, 3.05) is 0 Å². The van der Waals surface area contributed by atoms with Gasteiger partial charge in [-0.15, -0.1) is 0 Å². The molecule has 14 atom stereocenters. The van der Waals surface area contributed by atoms with E-state index in [9.17, 15) is 50.8 Å². The molecule has 2 aliphatic heterocycles. The quantitative estimate of drug-likeness (QED) is 0.129. The van der Waals surface area contributed by atoms with Crippen molar-refractivity contribution in [2.45, 2.75) is 172 Å². The Labute approximate surface area is 315 Å². The van der Waals surface area contributed by atoms with Crippen molar-refractivity contribution < 1.29 is 60.2 Å². The van der Waals surface area contributed by atoms with Gasteiger partial charge in [-0.25, -0.2) is 0 Å². The molecule has 9 N–H and O–H groups in total. The summed E-state index contributed by atoms with van der Waals surface area (Å²) in [4.78, 5) is 12.5. The molecule has 1 saturated heterocycles. The fraction of sp³-hybridized carbons (Fsp3) is 0.732. The van der Waals surface area contributed by atoms with Crippen LogP contribution < -0.4 is 0 Å². The number of allylic oxidation sites excluding steroid dienone is 6. The fourth-order valence-electron chi connectivity index (χ4n) is 6.75. The lowest BCUT2D eigenvalue weighted by atomic mass is 9.84. The van der Waals surface area contributed by atoms with Gasteiger partial charge < -0.3 is 55.4 Å². The minimum absolute atomic E-state index is 0.0509. The third kappa shape index (κ3) is 18.8. The Morgan fingerprint density at radius 3 is 1.96 bits per heavy atom. The van der Waals surface area contributed by atoms with Gasteiger partial charge in [0.1, 0.15) is 6.10 Å². The van der Waals surface area contributed by atoms with Gasteiger partial charge in [0.05, 0.1) is 61.4 Å². The predicted octanol–water partition coefficient (Wildman–Crippen LogP) is 3.28. The Morgan fingerprint density at radius 1 is 0.660 bits per heavy atom. The van der Waals surface area contributed by atoms with Crippen LogP contribution in [-0.2, 0) is 14.3 Å². The van der Waals surface area contributed by atoms with Crippen LogP contribution in [0.2, 0.25) is 0 Å². The largest absolute Gasteiger partial charge is 0.462 e. The van der Waals surface area contributed by atoms with Crippen molar-refractivity contribution in [3.05, 3.63) is 60.8 Å². The van der Waals surface area contributed by atoms with Gasteiger partial charge in [-0.05, 0) is 58.3 Å². The second-order valence-electron chi connectivity index (χ2n) is 15.3. The normalized spacial score (nSPS) is 40.8.